The van der Waals surface area contributed by atoms with Crippen LogP contribution in [0.25, 0.3) is 0 Å². The highest BCUT2D eigenvalue weighted by atomic mass is 16.3. The van der Waals surface area contributed by atoms with Crippen LogP contribution in [-0.2, 0) is 0 Å². The van der Waals surface area contributed by atoms with Gasteiger partial charge >= 0.3 is 0 Å². The third-order valence-electron chi connectivity index (χ3n) is 8.65. The first-order valence-electron chi connectivity index (χ1n) is 12.0. The van der Waals surface area contributed by atoms with E-state index in [-0.39, 0.29) is 6.10 Å². The summed E-state index contributed by atoms with van der Waals surface area (Å²) in [6.07, 6.45) is 11.5. The molecule has 0 aromatic heterocycles. The van der Waals surface area contributed by atoms with Gasteiger partial charge in [-0.3, -0.25) is 0 Å². The minimum atomic E-state index is -0.177. The van der Waals surface area contributed by atoms with E-state index in [2.05, 4.69) is 29.8 Å². The van der Waals surface area contributed by atoms with Gasteiger partial charge in [-0.2, -0.15) is 0 Å². The summed E-state index contributed by atoms with van der Waals surface area (Å²) in [7, 11) is 0. The molecule has 4 nitrogen and oxygen atoms in total. The van der Waals surface area contributed by atoms with Crippen LogP contribution < -0.4 is 16.0 Å². The quantitative estimate of drug-likeness (QED) is 0.608. The Kier molecular flexibility index (Phi) is 6.79. The Morgan fingerprint density at radius 1 is 0.926 bits per heavy atom. The number of hydrogen-bond donors (Lipinski definition) is 4. The van der Waals surface area contributed by atoms with Crippen molar-refractivity contribution in [2.24, 2.45) is 29.6 Å². The van der Waals surface area contributed by atoms with Crippen LogP contribution in [0.2, 0.25) is 0 Å². The smallest absolute Gasteiger partial charge is 0.0738 e. The molecule has 9 unspecified atom stereocenters. The Labute approximate surface area is 166 Å². The van der Waals surface area contributed by atoms with E-state index in [0.29, 0.717) is 35.9 Å². The Balaban J connectivity index is 1.47. The summed E-state index contributed by atoms with van der Waals surface area (Å²) in [5, 5.41) is 22.8. The molecule has 0 bridgehead atoms. The van der Waals surface area contributed by atoms with Crippen molar-refractivity contribution in [2.45, 2.75) is 95.9 Å². The predicted molar refractivity (Wildman–Crippen MR) is 112 cm³/mol. The van der Waals surface area contributed by atoms with Crippen LogP contribution in [0.1, 0.15) is 71.6 Å². The van der Waals surface area contributed by atoms with Crippen molar-refractivity contribution in [3.8, 4) is 0 Å². The van der Waals surface area contributed by atoms with Crippen LogP contribution in [0.4, 0.5) is 0 Å². The van der Waals surface area contributed by atoms with Crippen molar-refractivity contribution in [1.82, 2.24) is 16.0 Å². The highest BCUT2D eigenvalue weighted by molar-refractivity contribution is 5.01. The Hall–Kier alpha value is -0.160. The van der Waals surface area contributed by atoms with E-state index in [9.17, 15) is 5.11 Å². The van der Waals surface area contributed by atoms with Crippen LogP contribution in [0, 0.1) is 29.6 Å². The first-order chi connectivity index (χ1) is 13.1. The van der Waals surface area contributed by atoms with Crippen LogP contribution in [-0.4, -0.2) is 49.0 Å². The molecule has 2 heterocycles. The summed E-state index contributed by atoms with van der Waals surface area (Å²) in [4.78, 5) is 0. The molecule has 4 N–H and O–H groups in total. The van der Waals surface area contributed by atoms with Gasteiger partial charge < -0.3 is 21.1 Å². The van der Waals surface area contributed by atoms with Gasteiger partial charge in [0.2, 0.25) is 0 Å². The van der Waals surface area contributed by atoms with Crippen molar-refractivity contribution < 1.29 is 5.11 Å². The molecule has 2 aliphatic carbocycles. The fraction of sp³-hybridized carbons (Fsp3) is 1.00. The van der Waals surface area contributed by atoms with Gasteiger partial charge in [0.15, 0.2) is 0 Å². The Morgan fingerprint density at radius 2 is 1.78 bits per heavy atom. The number of rotatable bonds is 4. The molecule has 156 valence electrons. The number of hydrogen-bond acceptors (Lipinski definition) is 4. The lowest BCUT2D eigenvalue weighted by atomic mass is 9.67. The second kappa shape index (κ2) is 9.11. The zero-order valence-corrected chi connectivity index (χ0v) is 17.6. The van der Waals surface area contributed by atoms with Gasteiger partial charge in [0, 0.05) is 24.0 Å². The lowest BCUT2D eigenvalue weighted by molar-refractivity contribution is -0.0313. The van der Waals surface area contributed by atoms with Gasteiger partial charge in [-0.1, -0.05) is 13.8 Å². The highest BCUT2D eigenvalue weighted by Gasteiger charge is 2.45. The van der Waals surface area contributed by atoms with E-state index in [1.54, 1.807) is 0 Å². The topological polar surface area (TPSA) is 56.3 Å². The minimum absolute atomic E-state index is 0.177. The van der Waals surface area contributed by atoms with Gasteiger partial charge in [0.05, 0.1) is 6.10 Å². The van der Waals surface area contributed by atoms with Gasteiger partial charge in [-0.15, -0.1) is 0 Å². The van der Waals surface area contributed by atoms with Crippen molar-refractivity contribution in [2.75, 3.05) is 19.6 Å². The van der Waals surface area contributed by atoms with E-state index in [1.165, 1.54) is 64.3 Å². The van der Waals surface area contributed by atoms with E-state index in [0.717, 1.165) is 24.9 Å². The normalized spacial score (nSPS) is 47.2. The van der Waals surface area contributed by atoms with E-state index in [1.807, 2.05) is 0 Å². The van der Waals surface area contributed by atoms with Crippen molar-refractivity contribution in [3.63, 3.8) is 0 Å². The fourth-order valence-electron chi connectivity index (χ4n) is 6.70. The number of nitrogens with one attached hydrogen (secondary N) is 3. The second-order valence-electron chi connectivity index (χ2n) is 10.4. The number of aliphatic hydroxyl groups excluding tert-OH is 1. The molecule has 4 rings (SSSR count). The SMILES string of the molecule is CC1CCC(NC(C2CCCNC2)C2CCC3CCCNC3C2O)CC1C. The standard InChI is InChI=1S/C23H43N3O/c1-15-7-9-19(13-16(15)2)26-21(18-6-3-11-24-14-18)20-10-8-17-5-4-12-25-22(17)23(20)27/h15-27H,3-14H2,1-2H3. The average molecular weight is 378 g/mol. The summed E-state index contributed by atoms with van der Waals surface area (Å²) in [6, 6.07) is 1.46. The van der Waals surface area contributed by atoms with Crippen LogP contribution in [0.5, 0.6) is 0 Å². The monoisotopic (exact) mass is 377 g/mol. The largest absolute Gasteiger partial charge is 0.391 e. The van der Waals surface area contributed by atoms with Crippen LogP contribution >= 0.6 is 0 Å². The highest BCUT2D eigenvalue weighted by Crippen LogP contribution is 2.39. The summed E-state index contributed by atoms with van der Waals surface area (Å²) in [5.41, 5.74) is 0. The van der Waals surface area contributed by atoms with E-state index < -0.39 is 0 Å². The van der Waals surface area contributed by atoms with Gasteiger partial charge in [-0.25, -0.2) is 0 Å². The summed E-state index contributed by atoms with van der Waals surface area (Å²) >= 11 is 0. The Bertz CT molecular complexity index is 467. The summed E-state index contributed by atoms with van der Waals surface area (Å²) in [5.74, 6) is 3.47. The maximum atomic E-state index is 11.4. The molecule has 2 saturated heterocycles. The number of piperidine rings is 2. The lowest BCUT2D eigenvalue weighted by Crippen LogP contribution is -2.62. The molecule has 0 aromatic carbocycles. The molecular weight excluding hydrogens is 334 g/mol. The predicted octanol–water partition coefficient (Wildman–Crippen LogP) is 2.91. The van der Waals surface area contributed by atoms with Crippen molar-refractivity contribution >= 4 is 0 Å². The first-order valence-corrected chi connectivity index (χ1v) is 12.0. The summed E-state index contributed by atoms with van der Waals surface area (Å²) in [6.45, 7) is 8.23. The molecule has 0 radical (unpaired) electrons. The Morgan fingerprint density at radius 3 is 2.56 bits per heavy atom. The van der Waals surface area contributed by atoms with E-state index >= 15 is 0 Å². The minimum Gasteiger partial charge on any atom is -0.391 e. The van der Waals surface area contributed by atoms with Gasteiger partial charge in [0.1, 0.15) is 0 Å². The third kappa shape index (κ3) is 4.55. The third-order valence-corrected chi connectivity index (χ3v) is 8.65. The zero-order chi connectivity index (χ0) is 18.8. The first kappa shape index (κ1) is 20.1. The molecule has 4 heteroatoms. The maximum absolute atomic E-state index is 11.4. The molecular formula is C23H43N3O. The molecule has 0 amide bonds. The molecule has 2 saturated carbocycles. The average Bonchev–Trinajstić information content (AvgIpc) is 2.70. The van der Waals surface area contributed by atoms with E-state index in [4.69, 9.17) is 0 Å². The van der Waals surface area contributed by atoms with Crippen molar-refractivity contribution in [1.29, 1.82) is 0 Å². The maximum Gasteiger partial charge on any atom is 0.0738 e. The fourth-order valence-corrected chi connectivity index (χ4v) is 6.70. The molecule has 27 heavy (non-hydrogen) atoms. The molecule has 0 aromatic rings. The number of fused-ring (bicyclic) bond motifs is 1. The van der Waals surface area contributed by atoms with Crippen LogP contribution in [0.15, 0.2) is 0 Å². The molecule has 4 fully saturated rings. The van der Waals surface area contributed by atoms with Gasteiger partial charge in [-0.05, 0) is 101 Å². The lowest BCUT2D eigenvalue weighted by Gasteiger charge is -2.49. The zero-order valence-electron chi connectivity index (χ0n) is 17.6. The van der Waals surface area contributed by atoms with Gasteiger partial charge in [0.25, 0.3) is 0 Å². The molecule has 9 atom stereocenters. The molecule has 4 aliphatic rings. The molecule has 2 aliphatic heterocycles. The number of aliphatic hydroxyl groups is 1. The summed E-state index contributed by atoms with van der Waals surface area (Å²) < 4.78 is 0. The van der Waals surface area contributed by atoms with Crippen LogP contribution in [0.3, 0.4) is 0 Å². The molecule has 0 spiro atoms. The second-order valence-corrected chi connectivity index (χ2v) is 10.4. The van der Waals surface area contributed by atoms with Crippen molar-refractivity contribution in [3.05, 3.63) is 0 Å².